The maximum atomic E-state index is 11.5. The van der Waals surface area contributed by atoms with E-state index in [0.717, 1.165) is 5.39 Å². The van der Waals surface area contributed by atoms with E-state index in [2.05, 4.69) is 15.5 Å². The molecule has 132 valence electrons. The molecule has 0 fully saturated rings. The first kappa shape index (κ1) is 18.0. The van der Waals surface area contributed by atoms with E-state index in [1.54, 1.807) is 39.0 Å². The predicted molar refractivity (Wildman–Crippen MR) is 90.3 cm³/mol. The van der Waals surface area contributed by atoms with Crippen molar-refractivity contribution in [3.63, 3.8) is 0 Å². The van der Waals surface area contributed by atoms with E-state index < -0.39 is 23.9 Å². The number of fused-ring (bicyclic) bond motifs is 1. The summed E-state index contributed by atoms with van der Waals surface area (Å²) in [5, 5.41) is 30.3. The third-order valence-corrected chi connectivity index (χ3v) is 3.43. The first-order valence-corrected chi connectivity index (χ1v) is 7.74. The summed E-state index contributed by atoms with van der Waals surface area (Å²) in [6.07, 6.45) is -2.49. The van der Waals surface area contributed by atoms with Crippen LogP contribution in [-0.4, -0.2) is 44.8 Å². The lowest BCUT2D eigenvalue weighted by Crippen LogP contribution is -2.34. The molecule has 1 aromatic heterocycles. The van der Waals surface area contributed by atoms with E-state index in [1.807, 2.05) is 0 Å². The Balaban J connectivity index is 1.89. The third-order valence-electron chi connectivity index (χ3n) is 3.43. The van der Waals surface area contributed by atoms with Crippen LogP contribution in [0.4, 0.5) is 10.6 Å². The molecule has 0 saturated carbocycles. The van der Waals surface area contributed by atoms with E-state index in [0.29, 0.717) is 16.9 Å². The summed E-state index contributed by atoms with van der Waals surface area (Å²) < 4.78 is 5.10. The zero-order valence-electron chi connectivity index (χ0n) is 14.0. The van der Waals surface area contributed by atoms with Crippen molar-refractivity contribution in [2.45, 2.75) is 45.0 Å². The molecule has 2 unspecified atom stereocenters. The number of H-pyrrole nitrogens is 1. The molecule has 0 aliphatic heterocycles. The van der Waals surface area contributed by atoms with E-state index in [1.165, 1.54) is 0 Å². The van der Waals surface area contributed by atoms with Gasteiger partial charge >= 0.3 is 6.09 Å². The molecule has 1 aromatic carbocycles. The SMILES string of the molecule is CC(C)(C)OC(=O)NCCC(O)C(O)c1ccc2c(N)n[nH]c2c1. The maximum absolute atomic E-state index is 11.5. The molecule has 0 aliphatic carbocycles. The van der Waals surface area contributed by atoms with Crippen LogP contribution in [0.25, 0.3) is 10.9 Å². The monoisotopic (exact) mass is 336 g/mol. The summed E-state index contributed by atoms with van der Waals surface area (Å²) in [5.41, 5.74) is 6.34. The van der Waals surface area contributed by atoms with Gasteiger partial charge in [-0.3, -0.25) is 5.10 Å². The summed E-state index contributed by atoms with van der Waals surface area (Å²) in [7, 11) is 0. The number of nitrogen functional groups attached to an aromatic ring is 1. The molecule has 0 radical (unpaired) electrons. The second-order valence-corrected chi connectivity index (χ2v) is 6.64. The molecule has 2 atom stereocenters. The average Bonchev–Trinajstić information content (AvgIpc) is 2.85. The number of amides is 1. The number of hydrogen-bond acceptors (Lipinski definition) is 6. The second kappa shape index (κ2) is 7.06. The summed E-state index contributed by atoms with van der Waals surface area (Å²) in [5.74, 6) is 0.383. The Bertz CT molecular complexity index is 708. The van der Waals surface area contributed by atoms with Crippen molar-refractivity contribution in [1.29, 1.82) is 0 Å². The standard InChI is InChI=1S/C16H24N4O4/c1-16(2,3)24-15(23)18-7-6-12(21)13(22)9-4-5-10-11(8-9)19-20-14(10)17/h4-5,8,12-13,21-22H,6-7H2,1-3H3,(H,18,23)(H3,17,19,20). The number of rotatable bonds is 5. The molecule has 2 aromatic rings. The van der Waals surface area contributed by atoms with Gasteiger partial charge in [-0.1, -0.05) is 6.07 Å². The number of anilines is 1. The van der Waals surface area contributed by atoms with Crippen LogP contribution >= 0.6 is 0 Å². The van der Waals surface area contributed by atoms with Crippen molar-refractivity contribution < 1.29 is 19.7 Å². The Kier molecular flexibility index (Phi) is 5.30. The quantitative estimate of drug-likeness (QED) is 0.561. The van der Waals surface area contributed by atoms with Gasteiger partial charge in [0.15, 0.2) is 5.82 Å². The molecule has 0 bridgehead atoms. The molecule has 2 rings (SSSR count). The van der Waals surface area contributed by atoms with Crippen molar-refractivity contribution in [2.24, 2.45) is 0 Å². The lowest BCUT2D eigenvalue weighted by Gasteiger charge is -2.21. The largest absolute Gasteiger partial charge is 0.444 e. The van der Waals surface area contributed by atoms with Crippen molar-refractivity contribution in [3.05, 3.63) is 23.8 Å². The van der Waals surface area contributed by atoms with E-state index in [-0.39, 0.29) is 13.0 Å². The minimum absolute atomic E-state index is 0.184. The number of ether oxygens (including phenoxy) is 1. The number of hydrogen-bond donors (Lipinski definition) is 5. The van der Waals surface area contributed by atoms with Gasteiger partial charge in [-0.15, -0.1) is 0 Å². The van der Waals surface area contributed by atoms with E-state index in [9.17, 15) is 15.0 Å². The molecular formula is C16H24N4O4. The van der Waals surface area contributed by atoms with Crippen LogP contribution in [0.1, 0.15) is 38.9 Å². The molecule has 1 amide bonds. The third kappa shape index (κ3) is 4.59. The maximum Gasteiger partial charge on any atom is 0.407 e. The van der Waals surface area contributed by atoms with Gasteiger partial charge in [-0.2, -0.15) is 5.10 Å². The Labute approximate surface area is 140 Å². The number of alkyl carbamates (subject to hydrolysis) is 1. The minimum Gasteiger partial charge on any atom is -0.444 e. The zero-order valence-corrected chi connectivity index (χ0v) is 14.0. The van der Waals surface area contributed by atoms with Crippen LogP contribution < -0.4 is 11.1 Å². The smallest absolute Gasteiger partial charge is 0.407 e. The van der Waals surface area contributed by atoms with Gasteiger partial charge in [-0.05, 0) is 44.9 Å². The highest BCUT2D eigenvalue weighted by molar-refractivity contribution is 5.88. The summed E-state index contributed by atoms with van der Waals surface area (Å²) in [6.45, 7) is 5.49. The van der Waals surface area contributed by atoms with Gasteiger partial charge < -0.3 is 26.0 Å². The van der Waals surface area contributed by atoms with Gasteiger partial charge in [0.25, 0.3) is 0 Å². The van der Waals surface area contributed by atoms with Gasteiger partial charge in [-0.25, -0.2) is 4.79 Å². The number of nitrogens with zero attached hydrogens (tertiary/aromatic N) is 1. The van der Waals surface area contributed by atoms with E-state index >= 15 is 0 Å². The number of aromatic nitrogens is 2. The number of benzene rings is 1. The molecule has 8 nitrogen and oxygen atoms in total. The Hall–Kier alpha value is -2.32. The van der Waals surface area contributed by atoms with Crippen LogP contribution in [0.2, 0.25) is 0 Å². The van der Waals surface area contributed by atoms with Crippen molar-refractivity contribution in [1.82, 2.24) is 15.5 Å². The number of carbonyl (C=O) groups is 1. The van der Waals surface area contributed by atoms with Crippen LogP contribution in [-0.2, 0) is 4.74 Å². The Morgan fingerprint density at radius 1 is 1.42 bits per heavy atom. The van der Waals surface area contributed by atoms with Gasteiger partial charge in [0.1, 0.15) is 11.7 Å². The van der Waals surface area contributed by atoms with Crippen LogP contribution in [0.3, 0.4) is 0 Å². The summed E-state index contributed by atoms with van der Waals surface area (Å²) in [4.78, 5) is 11.5. The number of carbonyl (C=O) groups excluding carboxylic acids is 1. The fourth-order valence-electron chi connectivity index (χ4n) is 2.26. The summed E-state index contributed by atoms with van der Waals surface area (Å²) >= 11 is 0. The van der Waals surface area contributed by atoms with E-state index in [4.69, 9.17) is 10.5 Å². The highest BCUT2D eigenvalue weighted by Gasteiger charge is 2.20. The van der Waals surface area contributed by atoms with Gasteiger partial charge in [0.2, 0.25) is 0 Å². The number of aromatic amines is 1. The molecule has 0 spiro atoms. The lowest BCUT2D eigenvalue weighted by molar-refractivity contribution is 0.0124. The normalized spacial score (nSPS) is 14.4. The number of aliphatic hydroxyl groups is 2. The molecule has 24 heavy (non-hydrogen) atoms. The summed E-state index contributed by atoms with van der Waals surface area (Å²) in [6, 6.07) is 5.11. The van der Waals surface area contributed by atoms with Crippen molar-refractivity contribution in [3.8, 4) is 0 Å². The highest BCUT2D eigenvalue weighted by atomic mass is 16.6. The van der Waals surface area contributed by atoms with Gasteiger partial charge in [0, 0.05) is 11.9 Å². The fourth-order valence-corrected chi connectivity index (χ4v) is 2.26. The molecular weight excluding hydrogens is 312 g/mol. The Morgan fingerprint density at radius 2 is 2.12 bits per heavy atom. The average molecular weight is 336 g/mol. The van der Waals surface area contributed by atoms with Crippen molar-refractivity contribution in [2.75, 3.05) is 12.3 Å². The van der Waals surface area contributed by atoms with Crippen LogP contribution in [0, 0.1) is 0 Å². The topological polar surface area (TPSA) is 133 Å². The Morgan fingerprint density at radius 3 is 2.79 bits per heavy atom. The first-order chi connectivity index (χ1) is 11.2. The number of nitrogens with one attached hydrogen (secondary N) is 2. The predicted octanol–water partition coefficient (Wildman–Crippen LogP) is 1.45. The zero-order chi connectivity index (χ0) is 17.9. The highest BCUT2D eigenvalue weighted by Crippen LogP contribution is 2.25. The molecule has 1 heterocycles. The second-order valence-electron chi connectivity index (χ2n) is 6.64. The van der Waals surface area contributed by atoms with Gasteiger partial charge in [0.05, 0.1) is 11.6 Å². The van der Waals surface area contributed by atoms with Crippen molar-refractivity contribution >= 4 is 22.8 Å². The molecule has 6 N–H and O–H groups in total. The number of nitrogens with two attached hydrogens (primary N) is 1. The van der Waals surface area contributed by atoms with Crippen LogP contribution in [0.5, 0.6) is 0 Å². The molecule has 0 saturated heterocycles. The van der Waals surface area contributed by atoms with Crippen LogP contribution in [0.15, 0.2) is 18.2 Å². The fraction of sp³-hybridized carbons (Fsp3) is 0.500. The lowest BCUT2D eigenvalue weighted by atomic mass is 10.0. The first-order valence-electron chi connectivity index (χ1n) is 7.74. The number of aliphatic hydroxyl groups excluding tert-OH is 2. The minimum atomic E-state index is -1.08. The molecule has 0 aliphatic rings. The molecule has 8 heteroatoms.